The maximum absolute atomic E-state index is 12.6. The number of aryl methyl sites for hydroxylation is 1. The van der Waals surface area contributed by atoms with Crippen molar-refractivity contribution in [1.29, 1.82) is 0 Å². The molecule has 8 nitrogen and oxygen atoms in total. The van der Waals surface area contributed by atoms with E-state index in [9.17, 15) is 14.9 Å². The molecule has 1 aliphatic heterocycles. The number of carbonyl (C=O) groups excluding carboxylic acids is 1. The Morgan fingerprint density at radius 1 is 1.21 bits per heavy atom. The van der Waals surface area contributed by atoms with Gasteiger partial charge < -0.3 is 14.5 Å². The molecule has 2 aromatic rings. The number of aromatic nitrogens is 1. The molecule has 0 spiro atoms. The zero-order valence-corrected chi connectivity index (χ0v) is 17.0. The Labute approximate surface area is 170 Å². The van der Waals surface area contributed by atoms with Crippen LogP contribution in [0.2, 0.25) is 0 Å². The SMILES string of the molecule is Cc1ccc(C(C)C)c(OCC(=O)N2CCN(c3ccc([N+](=O)[O-])cn3)CC2)c1. The average molecular weight is 398 g/mol. The normalized spacial score (nSPS) is 14.2. The van der Waals surface area contributed by atoms with Crippen LogP contribution in [0.3, 0.4) is 0 Å². The summed E-state index contributed by atoms with van der Waals surface area (Å²) < 4.78 is 5.86. The summed E-state index contributed by atoms with van der Waals surface area (Å²) in [5, 5.41) is 10.7. The Kier molecular flexibility index (Phi) is 6.31. The number of hydrogen-bond donors (Lipinski definition) is 0. The first-order valence-corrected chi connectivity index (χ1v) is 9.71. The number of nitro groups is 1. The molecule has 1 aromatic carbocycles. The van der Waals surface area contributed by atoms with Crippen LogP contribution in [0.15, 0.2) is 36.5 Å². The molecule has 0 radical (unpaired) electrons. The van der Waals surface area contributed by atoms with Gasteiger partial charge >= 0.3 is 0 Å². The van der Waals surface area contributed by atoms with Gasteiger partial charge in [-0.2, -0.15) is 0 Å². The summed E-state index contributed by atoms with van der Waals surface area (Å²) in [5.74, 6) is 1.72. The van der Waals surface area contributed by atoms with Crippen molar-refractivity contribution < 1.29 is 14.5 Å². The van der Waals surface area contributed by atoms with Crippen LogP contribution in [-0.2, 0) is 4.79 Å². The molecule has 0 unspecified atom stereocenters. The van der Waals surface area contributed by atoms with E-state index in [0.29, 0.717) is 37.9 Å². The lowest BCUT2D eigenvalue weighted by molar-refractivity contribution is -0.385. The van der Waals surface area contributed by atoms with E-state index < -0.39 is 4.92 Å². The van der Waals surface area contributed by atoms with Gasteiger partial charge in [0.1, 0.15) is 17.8 Å². The number of hydrogen-bond acceptors (Lipinski definition) is 6. The minimum Gasteiger partial charge on any atom is -0.483 e. The smallest absolute Gasteiger partial charge is 0.287 e. The first kappa shape index (κ1) is 20.6. The molecule has 1 fully saturated rings. The summed E-state index contributed by atoms with van der Waals surface area (Å²) in [7, 11) is 0. The van der Waals surface area contributed by atoms with Crippen LogP contribution < -0.4 is 9.64 Å². The van der Waals surface area contributed by atoms with Crippen molar-refractivity contribution in [2.45, 2.75) is 26.7 Å². The number of rotatable bonds is 6. The van der Waals surface area contributed by atoms with Crippen LogP contribution in [0.4, 0.5) is 11.5 Å². The van der Waals surface area contributed by atoms with Crippen molar-refractivity contribution in [1.82, 2.24) is 9.88 Å². The summed E-state index contributed by atoms with van der Waals surface area (Å²) in [6.07, 6.45) is 1.26. The molecule has 0 bridgehead atoms. The van der Waals surface area contributed by atoms with Gasteiger partial charge in [0.2, 0.25) is 0 Å². The quantitative estimate of drug-likeness (QED) is 0.549. The summed E-state index contributed by atoms with van der Waals surface area (Å²) >= 11 is 0. The lowest BCUT2D eigenvalue weighted by Crippen LogP contribution is -2.50. The fourth-order valence-electron chi connectivity index (χ4n) is 3.33. The Hall–Kier alpha value is -3.16. The molecule has 0 aliphatic carbocycles. The van der Waals surface area contributed by atoms with Gasteiger partial charge in [-0.25, -0.2) is 4.98 Å². The molecule has 1 aliphatic rings. The molecule has 1 aromatic heterocycles. The number of ether oxygens (including phenoxy) is 1. The van der Waals surface area contributed by atoms with Crippen molar-refractivity contribution in [3.8, 4) is 5.75 Å². The second-order valence-corrected chi connectivity index (χ2v) is 7.48. The number of piperazine rings is 1. The molecule has 0 atom stereocenters. The largest absolute Gasteiger partial charge is 0.483 e. The monoisotopic (exact) mass is 398 g/mol. The number of benzene rings is 1. The minimum atomic E-state index is -0.466. The number of pyridine rings is 1. The van der Waals surface area contributed by atoms with E-state index in [0.717, 1.165) is 16.9 Å². The van der Waals surface area contributed by atoms with Gasteiger partial charge in [-0.05, 0) is 36.1 Å². The Bertz CT molecular complexity index is 875. The average Bonchev–Trinajstić information content (AvgIpc) is 2.72. The molecule has 8 heteroatoms. The molecule has 0 N–H and O–H groups in total. The molecule has 29 heavy (non-hydrogen) atoms. The van der Waals surface area contributed by atoms with E-state index in [1.54, 1.807) is 11.0 Å². The van der Waals surface area contributed by atoms with E-state index in [4.69, 9.17) is 4.74 Å². The molecule has 1 amide bonds. The van der Waals surface area contributed by atoms with Crippen molar-refractivity contribution in [3.63, 3.8) is 0 Å². The molecule has 1 saturated heterocycles. The van der Waals surface area contributed by atoms with E-state index in [1.165, 1.54) is 12.3 Å². The van der Waals surface area contributed by atoms with Crippen molar-refractivity contribution in [2.24, 2.45) is 0 Å². The molecular formula is C21H26N4O4. The lowest BCUT2D eigenvalue weighted by atomic mass is 10.0. The first-order chi connectivity index (χ1) is 13.8. The number of amides is 1. The van der Waals surface area contributed by atoms with Crippen LogP contribution in [0.25, 0.3) is 0 Å². The van der Waals surface area contributed by atoms with Crippen molar-refractivity contribution in [2.75, 3.05) is 37.7 Å². The minimum absolute atomic E-state index is 0.0129. The third-order valence-corrected chi connectivity index (χ3v) is 5.04. The van der Waals surface area contributed by atoms with E-state index in [1.807, 2.05) is 17.9 Å². The zero-order valence-electron chi connectivity index (χ0n) is 17.0. The molecule has 0 saturated carbocycles. The van der Waals surface area contributed by atoms with Crippen LogP contribution in [-0.4, -0.2) is 53.5 Å². The van der Waals surface area contributed by atoms with Crippen molar-refractivity contribution >= 4 is 17.4 Å². The highest BCUT2D eigenvalue weighted by molar-refractivity contribution is 5.78. The standard InChI is InChI=1S/C21H26N4O4/c1-15(2)18-6-4-16(3)12-19(18)29-14-21(26)24-10-8-23(9-11-24)20-7-5-17(13-22-20)25(27)28/h4-7,12-13,15H,8-11,14H2,1-3H3. The highest BCUT2D eigenvalue weighted by Gasteiger charge is 2.23. The van der Waals surface area contributed by atoms with Gasteiger partial charge in [-0.1, -0.05) is 26.0 Å². The van der Waals surface area contributed by atoms with E-state index in [-0.39, 0.29) is 18.2 Å². The van der Waals surface area contributed by atoms with Gasteiger partial charge in [-0.15, -0.1) is 0 Å². The highest BCUT2D eigenvalue weighted by atomic mass is 16.6. The second kappa shape index (κ2) is 8.89. The van der Waals surface area contributed by atoms with Crippen LogP contribution in [0.1, 0.15) is 30.9 Å². The summed E-state index contributed by atoms with van der Waals surface area (Å²) in [6, 6.07) is 9.16. The van der Waals surface area contributed by atoms with Gasteiger partial charge in [-0.3, -0.25) is 14.9 Å². The third-order valence-electron chi connectivity index (χ3n) is 5.04. The van der Waals surface area contributed by atoms with Crippen LogP contribution in [0, 0.1) is 17.0 Å². The van der Waals surface area contributed by atoms with Crippen LogP contribution in [0.5, 0.6) is 5.75 Å². The summed E-state index contributed by atoms with van der Waals surface area (Å²) in [5.41, 5.74) is 2.16. The first-order valence-electron chi connectivity index (χ1n) is 9.71. The van der Waals surface area contributed by atoms with Gasteiger partial charge in [0.15, 0.2) is 6.61 Å². The Balaban J connectivity index is 1.54. The third kappa shape index (κ3) is 5.01. The second-order valence-electron chi connectivity index (χ2n) is 7.48. The molecule has 2 heterocycles. The lowest BCUT2D eigenvalue weighted by Gasteiger charge is -2.35. The predicted octanol–water partition coefficient (Wildman–Crippen LogP) is 3.15. The summed E-state index contributed by atoms with van der Waals surface area (Å²) in [6.45, 7) is 8.59. The Morgan fingerprint density at radius 3 is 2.52 bits per heavy atom. The van der Waals surface area contributed by atoms with Gasteiger partial charge in [0.25, 0.3) is 11.6 Å². The summed E-state index contributed by atoms with van der Waals surface area (Å²) in [4.78, 5) is 30.8. The van der Waals surface area contributed by atoms with E-state index >= 15 is 0 Å². The molecule has 3 rings (SSSR count). The van der Waals surface area contributed by atoms with Gasteiger partial charge in [0, 0.05) is 32.2 Å². The maximum Gasteiger partial charge on any atom is 0.287 e. The fraction of sp³-hybridized carbons (Fsp3) is 0.429. The van der Waals surface area contributed by atoms with E-state index in [2.05, 4.69) is 31.0 Å². The maximum atomic E-state index is 12.6. The Morgan fingerprint density at radius 2 is 1.93 bits per heavy atom. The number of carbonyl (C=O) groups is 1. The highest BCUT2D eigenvalue weighted by Crippen LogP contribution is 2.27. The number of nitrogens with zero attached hydrogens (tertiary/aromatic N) is 4. The molecular weight excluding hydrogens is 372 g/mol. The molecule has 154 valence electrons. The predicted molar refractivity (Wildman–Crippen MR) is 110 cm³/mol. The van der Waals surface area contributed by atoms with Gasteiger partial charge in [0.05, 0.1) is 4.92 Å². The zero-order chi connectivity index (χ0) is 21.0. The number of anilines is 1. The van der Waals surface area contributed by atoms with Crippen molar-refractivity contribution in [3.05, 3.63) is 57.8 Å². The topological polar surface area (TPSA) is 88.8 Å². The van der Waals surface area contributed by atoms with Crippen LogP contribution >= 0.6 is 0 Å². The fourth-order valence-corrected chi connectivity index (χ4v) is 3.33.